The number of benzene rings is 2. The predicted molar refractivity (Wildman–Crippen MR) is 115 cm³/mol. The number of nitro groups is 1. The van der Waals surface area contributed by atoms with Crippen LogP contribution < -0.4 is 10.2 Å². The Balaban J connectivity index is 1.78. The number of amides is 2. The van der Waals surface area contributed by atoms with Crippen molar-refractivity contribution in [1.82, 2.24) is 10.2 Å². The highest BCUT2D eigenvalue weighted by Crippen LogP contribution is 2.30. The Morgan fingerprint density at radius 3 is 2.37 bits per heavy atom. The number of nitrogens with one attached hydrogen (secondary N) is 1. The standard InChI is InChI=1S/C22H26N4O4/c1-15-6-4-5-7-19(15)16(2)23-22(28)18-8-9-20(21(14-18)26(29)30)25-12-10-24(11-13-25)17(3)27/h4-9,14,16H,10-13H2,1-3H3,(H,23,28)/t16-/m0/s1. The Kier molecular flexibility index (Phi) is 6.34. The van der Waals surface area contributed by atoms with Crippen LogP contribution in [0.25, 0.3) is 0 Å². The molecule has 1 saturated heterocycles. The summed E-state index contributed by atoms with van der Waals surface area (Å²) in [6.07, 6.45) is 0. The van der Waals surface area contributed by atoms with Gasteiger partial charge in [-0.2, -0.15) is 0 Å². The number of aryl methyl sites for hydroxylation is 1. The third-order valence-electron chi connectivity index (χ3n) is 5.50. The Hall–Kier alpha value is -3.42. The van der Waals surface area contributed by atoms with Gasteiger partial charge in [-0.15, -0.1) is 0 Å². The summed E-state index contributed by atoms with van der Waals surface area (Å²) in [6, 6.07) is 12.1. The molecule has 1 atom stereocenters. The molecule has 0 saturated carbocycles. The monoisotopic (exact) mass is 410 g/mol. The maximum Gasteiger partial charge on any atom is 0.293 e. The smallest absolute Gasteiger partial charge is 0.293 e. The summed E-state index contributed by atoms with van der Waals surface area (Å²) in [6.45, 7) is 7.43. The minimum Gasteiger partial charge on any atom is -0.362 e. The fourth-order valence-electron chi connectivity index (χ4n) is 3.77. The van der Waals surface area contributed by atoms with Crippen molar-refractivity contribution < 1.29 is 14.5 Å². The highest BCUT2D eigenvalue weighted by molar-refractivity contribution is 5.96. The first-order valence-corrected chi connectivity index (χ1v) is 9.93. The van der Waals surface area contributed by atoms with Crippen molar-refractivity contribution in [2.45, 2.75) is 26.8 Å². The van der Waals surface area contributed by atoms with Crippen LogP contribution >= 0.6 is 0 Å². The van der Waals surface area contributed by atoms with Gasteiger partial charge in [0.1, 0.15) is 5.69 Å². The number of hydrogen-bond acceptors (Lipinski definition) is 5. The molecule has 1 N–H and O–H groups in total. The number of piperazine rings is 1. The first kappa shape index (κ1) is 21.3. The molecular formula is C22H26N4O4. The van der Waals surface area contributed by atoms with Gasteiger partial charge in [-0.25, -0.2) is 0 Å². The summed E-state index contributed by atoms with van der Waals surface area (Å²) in [7, 11) is 0. The van der Waals surface area contributed by atoms with Crippen molar-refractivity contribution in [2.24, 2.45) is 0 Å². The largest absolute Gasteiger partial charge is 0.362 e. The summed E-state index contributed by atoms with van der Waals surface area (Å²) < 4.78 is 0. The Morgan fingerprint density at radius 1 is 1.10 bits per heavy atom. The average Bonchev–Trinajstić information content (AvgIpc) is 2.73. The molecule has 3 rings (SSSR count). The quantitative estimate of drug-likeness (QED) is 0.604. The van der Waals surface area contributed by atoms with Gasteiger partial charge in [0.05, 0.1) is 11.0 Å². The maximum absolute atomic E-state index is 12.7. The highest BCUT2D eigenvalue weighted by Gasteiger charge is 2.26. The second-order valence-electron chi connectivity index (χ2n) is 7.51. The molecular weight excluding hydrogens is 384 g/mol. The minimum atomic E-state index is -0.464. The summed E-state index contributed by atoms with van der Waals surface area (Å²) in [4.78, 5) is 39.1. The van der Waals surface area contributed by atoms with E-state index in [1.54, 1.807) is 17.0 Å². The van der Waals surface area contributed by atoms with E-state index in [1.165, 1.54) is 13.0 Å². The number of rotatable bonds is 5. The number of nitro benzene ring substituents is 1. The van der Waals surface area contributed by atoms with Crippen LogP contribution in [-0.2, 0) is 4.79 Å². The third-order valence-corrected chi connectivity index (χ3v) is 5.50. The van der Waals surface area contributed by atoms with E-state index in [1.807, 2.05) is 43.0 Å². The fourth-order valence-corrected chi connectivity index (χ4v) is 3.77. The number of carbonyl (C=O) groups excluding carboxylic acids is 2. The van der Waals surface area contributed by atoms with Crippen molar-refractivity contribution in [3.63, 3.8) is 0 Å². The number of carbonyl (C=O) groups is 2. The number of nitrogens with zero attached hydrogens (tertiary/aromatic N) is 3. The molecule has 0 spiro atoms. The van der Waals surface area contributed by atoms with Gasteiger partial charge in [-0.3, -0.25) is 19.7 Å². The SMILES string of the molecule is CC(=O)N1CCN(c2ccc(C(=O)N[C@@H](C)c3ccccc3C)cc2[N+](=O)[O-])CC1. The van der Waals surface area contributed by atoms with Crippen LogP contribution in [0, 0.1) is 17.0 Å². The average molecular weight is 410 g/mol. The van der Waals surface area contributed by atoms with Gasteiger partial charge < -0.3 is 15.1 Å². The van der Waals surface area contributed by atoms with E-state index in [9.17, 15) is 19.7 Å². The molecule has 0 aromatic heterocycles. The molecule has 0 bridgehead atoms. The molecule has 0 radical (unpaired) electrons. The zero-order chi connectivity index (χ0) is 21.8. The van der Waals surface area contributed by atoms with Crippen LogP contribution in [0.4, 0.5) is 11.4 Å². The minimum absolute atomic E-state index is 0.000980. The lowest BCUT2D eigenvalue weighted by Gasteiger charge is -2.35. The molecule has 2 aromatic carbocycles. The molecule has 8 heteroatoms. The fraction of sp³-hybridized carbons (Fsp3) is 0.364. The second-order valence-corrected chi connectivity index (χ2v) is 7.51. The van der Waals surface area contributed by atoms with Gasteiger partial charge in [-0.05, 0) is 37.1 Å². The zero-order valence-corrected chi connectivity index (χ0v) is 17.4. The van der Waals surface area contributed by atoms with Crippen LogP contribution in [0.1, 0.15) is 41.4 Å². The molecule has 0 aliphatic carbocycles. The summed E-state index contributed by atoms with van der Waals surface area (Å²) in [5.74, 6) is -0.360. The van der Waals surface area contributed by atoms with Gasteiger partial charge in [0.2, 0.25) is 5.91 Å². The van der Waals surface area contributed by atoms with E-state index in [2.05, 4.69) is 5.32 Å². The highest BCUT2D eigenvalue weighted by atomic mass is 16.6. The first-order valence-electron chi connectivity index (χ1n) is 9.93. The summed E-state index contributed by atoms with van der Waals surface area (Å²) >= 11 is 0. The van der Waals surface area contributed by atoms with E-state index < -0.39 is 4.92 Å². The maximum atomic E-state index is 12.7. The van der Waals surface area contributed by atoms with Crippen molar-refractivity contribution >= 4 is 23.2 Å². The van der Waals surface area contributed by atoms with Crippen molar-refractivity contribution in [3.8, 4) is 0 Å². The topological polar surface area (TPSA) is 95.8 Å². The predicted octanol–water partition coefficient (Wildman–Crippen LogP) is 3.06. The molecule has 1 aliphatic heterocycles. The third kappa shape index (κ3) is 4.59. The van der Waals surface area contributed by atoms with Gasteiger partial charge >= 0.3 is 0 Å². The lowest BCUT2D eigenvalue weighted by molar-refractivity contribution is -0.384. The lowest BCUT2D eigenvalue weighted by atomic mass is 10.0. The number of anilines is 1. The summed E-state index contributed by atoms with van der Waals surface area (Å²) in [5.41, 5.74) is 2.67. The van der Waals surface area contributed by atoms with Gasteiger partial charge in [0.25, 0.3) is 11.6 Å². The van der Waals surface area contributed by atoms with E-state index in [-0.39, 0.29) is 29.1 Å². The summed E-state index contributed by atoms with van der Waals surface area (Å²) in [5, 5.41) is 14.6. The molecule has 1 heterocycles. The van der Waals surface area contributed by atoms with Crippen LogP contribution in [0.15, 0.2) is 42.5 Å². The molecule has 0 unspecified atom stereocenters. The van der Waals surface area contributed by atoms with E-state index in [4.69, 9.17) is 0 Å². The number of hydrogen-bond donors (Lipinski definition) is 1. The van der Waals surface area contributed by atoms with Crippen LogP contribution in [-0.4, -0.2) is 47.8 Å². The Morgan fingerprint density at radius 2 is 1.77 bits per heavy atom. The Labute approximate surface area is 175 Å². The van der Waals surface area contributed by atoms with Crippen LogP contribution in [0.5, 0.6) is 0 Å². The van der Waals surface area contributed by atoms with Gasteiger partial charge in [0.15, 0.2) is 0 Å². The van der Waals surface area contributed by atoms with Crippen molar-refractivity contribution in [2.75, 3.05) is 31.1 Å². The Bertz CT molecular complexity index is 967. The second kappa shape index (κ2) is 8.94. The molecule has 1 fully saturated rings. The van der Waals surface area contributed by atoms with Crippen molar-refractivity contribution in [1.29, 1.82) is 0 Å². The van der Waals surface area contributed by atoms with Crippen LogP contribution in [0.3, 0.4) is 0 Å². The molecule has 2 amide bonds. The zero-order valence-electron chi connectivity index (χ0n) is 17.4. The van der Waals surface area contributed by atoms with E-state index in [0.29, 0.717) is 31.9 Å². The first-order chi connectivity index (χ1) is 14.3. The molecule has 2 aromatic rings. The lowest BCUT2D eigenvalue weighted by Crippen LogP contribution is -2.48. The van der Waals surface area contributed by atoms with Gasteiger partial charge in [0, 0.05) is 44.7 Å². The molecule has 1 aliphatic rings. The van der Waals surface area contributed by atoms with E-state index >= 15 is 0 Å². The van der Waals surface area contributed by atoms with Gasteiger partial charge in [-0.1, -0.05) is 24.3 Å². The molecule has 8 nitrogen and oxygen atoms in total. The van der Waals surface area contributed by atoms with E-state index in [0.717, 1.165) is 11.1 Å². The van der Waals surface area contributed by atoms with Crippen LogP contribution in [0.2, 0.25) is 0 Å². The molecule has 30 heavy (non-hydrogen) atoms. The molecule has 158 valence electrons. The van der Waals surface area contributed by atoms with Crippen molar-refractivity contribution in [3.05, 3.63) is 69.3 Å². The normalized spacial score (nSPS) is 14.9.